The Morgan fingerprint density at radius 3 is 2.52 bits per heavy atom. The van der Waals surface area contributed by atoms with E-state index in [0.29, 0.717) is 10.0 Å². The predicted molar refractivity (Wildman–Crippen MR) is 84.5 cm³/mol. The zero-order valence-corrected chi connectivity index (χ0v) is 13.0. The van der Waals surface area contributed by atoms with Crippen LogP contribution in [0.25, 0.3) is 17.0 Å². The molecule has 1 aromatic carbocycles. The summed E-state index contributed by atoms with van der Waals surface area (Å²) >= 11 is 11.9. The number of allylic oxidation sites excluding steroid dienone is 2. The van der Waals surface area contributed by atoms with Gasteiger partial charge in [-0.2, -0.15) is 0 Å². The lowest BCUT2D eigenvalue weighted by atomic mass is 10.2. The molecule has 0 bridgehead atoms. The number of ether oxygens (including phenoxy) is 2. The fourth-order valence-electron chi connectivity index (χ4n) is 1.80. The van der Waals surface area contributed by atoms with Crippen molar-refractivity contribution in [1.82, 2.24) is 4.98 Å². The number of hydrogen-bond donors (Lipinski definition) is 1. The van der Waals surface area contributed by atoms with E-state index in [2.05, 4.69) is 9.72 Å². The molecule has 2 rings (SSSR count). The largest absolute Gasteiger partial charge is 0.490 e. The fourth-order valence-corrected chi connectivity index (χ4v) is 2.13. The van der Waals surface area contributed by atoms with Gasteiger partial charge in [0.25, 0.3) is 0 Å². The molecular formula is C15H13Cl2NO3. The fraction of sp³-hybridized carbons (Fsp3) is 0.133. The van der Waals surface area contributed by atoms with Gasteiger partial charge in [-0.3, -0.25) is 0 Å². The molecule has 0 aliphatic carbocycles. The molecule has 0 aliphatic heterocycles. The van der Waals surface area contributed by atoms with Crippen LogP contribution < -0.4 is 0 Å². The SMILES string of the molecule is COC(=O)/C(=C/C=C/c1cc2cc(Cl)c(Cl)cc2[nH]1)OC. The van der Waals surface area contributed by atoms with Crippen molar-refractivity contribution in [2.75, 3.05) is 14.2 Å². The number of carbonyl (C=O) groups is 1. The van der Waals surface area contributed by atoms with Gasteiger partial charge in [-0.05, 0) is 30.4 Å². The van der Waals surface area contributed by atoms with Gasteiger partial charge in [-0.15, -0.1) is 0 Å². The molecule has 110 valence electrons. The van der Waals surface area contributed by atoms with Gasteiger partial charge in [0.2, 0.25) is 5.76 Å². The van der Waals surface area contributed by atoms with Crippen molar-refractivity contribution in [3.63, 3.8) is 0 Å². The summed E-state index contributed by atoms with van der Waals surface area (Å²) < 4.78 is 9.50. The summed E-state index contributed by atoms with van der Waals surface area (Å²) in [5.41, 5.74) is 1.73. The van der Waals surface area contributed by atoms with Crippen LogP contribution in [0.4, 0.5) is 0 Å². The van der Waals surface area contributed by atoms with E-state index in [1.165, 1.54) is 20.3 Å². The van der Waals surface area contributed by atoms with Crippen LogP contribution in [0.2, 0.25) is 10.0 Å². The van der Waals surface area contributed by atoms with E-state index in [0.717, 1.165) is 16.6 Å². The summed E-state index contributed by atoms with van der Waals surface area (Å²) in [5, 5.41) is 1.95. The molecule has 6 heteroatoms. The molecule has 0 spiro atoms. The Balaban J connectivity index is 2.25. The van der Waals surface area contributed by atoms with Crippen molar-refractivity contribution in [3.05, 3.63) is 51.8 Å². The number of H-pyrrole nitrogens is 1. The minimum atomic E-state index is -0.530. The van der Waals surface area contributed by atoms with Crippen LogP contribution in [-0.2, 0) is 14.3 Å². The molecule has 1 aromatic heterocycles. The molecule has 4 nitrogen and oxygen atoms in total. The molecule has 2 aromatic rings. The number of halogens is 2. The number of esters is 1. The van der Waals surface area contributed by atoms with Crippen molar-refractivity contribution >= 4 is 46.2 Å². The second-order valence-electron chi connectivity index (χ2n) is 4.16. The number of aromatic nitrogens is 1. The summed E-state index contributed by atoms with van der Waals surface area (Å²) in [6.07, 6.45) is 5.00. The second kappa shape index (κ2) is 6.70. The van der Waals surface area contributed by atoms with Gasteiger partial charge in [0.1, 0.15) is 0 Å². The molecule has 0 amide bonds. The number of fused-ring (bicyclic) bond motifs is 1. The number of carbonyl (C=O) groups excluding carboxylic acids is 1. The van der Waals surface area contributed by atoms with Gasteiger partial charge in [0.15, 0.2) is 0 Å². The summed E-state index contributed by atoms with van der Waals surface area (Å²) in [5.74, 6) is -0.409. The molecule has 0 saturated heterocycles. The monoisotopic (exact) mass is 325 g/mol. The van der Waals surface area contributed by atoms with Crippen LogP contribution in [0.15, 0.2) is 36.1 Å². The van der Waals surface area contributed by atoms with Gasteiger partial charge in [0, 0.05) is 16.6 Å². The molecule has 0 unspecified atom stereocenters. The molecule has 21 heavy (non-hydrogen) atoms. The Kier molecular flexibility index (Phi) is 4.94. The maximum absolute atomic E-state index is 11.3. The summed E-state index contributed by atoms with van der Waals surface area (Å²) in [6.45, 7) is 0. The Morgan fingerprint density at radius 1 is 1.14 bits per heavy atom. The highest BCUT2D eigenvalue weighted by Crippen LogP contribution is 2.28. The lowest BCUT2D eigenvalue weighted by molar-refractivity contribution is -0.139. The lowest BCUT2D eigenvalue weighted by Crippen LogP contribution is -2.05. The van der Waals surface area contributed by atoms with Crippen molar-refractivity contribution in [2.24, 2.45) is 0 Å². The third-order valence-electron chi connectivity index (χ3n) is 2.81. The van der Waals surface area contributed by atoms with Gasteiger partial charge in [0.05, 0.1) is 24.3 Å². The highest BCUT2D eigenvalue weighted by Gasteiger charge is 2.07. The number of benzene rings is 1. The highest BCUT2D eigenvalue weighted by atomic mass is 35.5. The van der Waals surface area contributed by atoms with Crippen molar-refractivity contribution < 1.29 is 14.3 Å². The number of aromatic amines is 1. The van der Waals surface area contributed by atoms with E-state index >= 15 is 0 Å². The average Bonchev–Trinajstić information content (AvgIpc) is 2.85. The molecular weight excluding hydrogens is 313 g/mol. The van der Waals surface area contributed by atoms with Gasteiger partial charge < -0.3 is 14.5 Å². The maximum atomic E-state index is 11.3. The van der Waals surface area contributed by atoms with Gasteiger partial charge in [-0.1, -0.05) is 29.3 Å². The quantitative estimate of drug-likeness (QED) is 0.397. The van der Waals surface area contributed by atoms with Gasteiger partial charge in [-0.25, -0.2) is 4.79 Å². The van der Waals surface area contributed by atoms with Crippen molar-refractivity contribution in [1.29, 1.82) is 0 Å². The summed E-state index contributed by atoms with van der Waals surface area (Å²) in [6, 6.07) is 5.48. The van der Waals surface area contributed by atoms with E-state index < -0.39 is 5.97 Å². The standard InChI is InChI=1S/C15H13Cl2NO3/c1-20-14(15(19)21-2)5-3-4-10-6-9-7-11(16)12(17)8-13(9)18-10/h3-8,18H,1-2H3/b4-3+,14-5-. The van der Waals surface area contributed by atoms with E-state index in [-0.39, 0.29) is 5.76 Å². The molecule has 0 radical (unpaired) electrons. The van der Waals surface area contributed by atoms with Crippen LogP contribution in [0, 0.1) is 0 Å². The number of methoxy groups -OCH3 is 2. The van der Waals surface area contributed by atoms with E-state index in [4.69, 9.17) is 27.9 Å². The molecule has 1 N–H and O–H groups in total. The number of nitrogens with one attached hydrogen (secondary N) is 1. The number of rotatable bonds is 4. The van der Waals surface area contributed by atoms with Crippen LogP contribution in [-0.4, -0.2) is 25.2 Å². The Bertz CT molecular complexity index is 693. The second-order valence-corrected chi connectivity index (χ2v) is 4.98. The zero-order valence-electron chi connectivity index (χ0n) is 11.4. The Hall–Kier alpha value is -1.91. The van der Waals surface area contributed by atoms with E-state index in [1.807, 2.05) is 6.07 Å². The lowest BCUT2D eigenvalue weighted by Gasteiger charge is -2.00. The molecule has 1 heterocycles. The van der Waals surface area contributed by atoms with Crippen LogP contribution >= 0.6 is 23.2 Å². The smallest absolute Gasteiger partial charge is 0.373 e. The van der Waals surface area contributed by atoms with E-state index in [1.54, 1.807) is 24.3 Å². The third kappa shape index (κ3) is 3.60. The first-order valence-electron chi connectivity index (χ1n) is 6.03. The number of hydrogen-bond acceptors (Lipinski definition) is 3. The van der Waals surface area contributed by atoms with Crippen LogP contribution in [0.1, 0.15) is 5.69 Å². The average molecular weight is 326 g/mol. The first-order chi connectivity index (χ1) is 10.0. The molecule has 0 atom stereocenters. The molecule has 0 saturated carbocycles. The molecule has 0 fully saturated rings. The molecule has 0 aliphatic rings. The first-order valence-corrected chi connectivity index (χ1v) is 6.79. The summed E-state index contributed by atoms with van der Waals surface area (Å²) in [4.78, 5) is 14.5. The Labute approximate surface area is 131 Å². The van der Waals surface area contributed by atoms with Crippen molar-refractivity contribution in [2.45, 2.75) is 0 Å². The van der Waals surface area contributed by atoms with Gasteiger partial charge >= 0.3 is 5.97 Å². The maximum Gasteiger partial charge on any atom is 0.373 e. The van der Waals surface area contributed by atoms with Crippen molar-refractivity contribution in [3.8, 4) is 0 Å². The Morgan fingerprint density at radius 2 is 1.86 bits per heavy atom. The normalized spacial score (nSPS) is 12.1. The minimum absolute atomic E-state index is 0.121. The highest BCUT2D eigenvalue weighted by molar-refractivity contribution is 6.42. The topological polar surface area (TPSA) is 51.3 Å². The zero-order chi connectivity index (χ0) is 15.4. The predicted octanol–water partition coefficient (Wildman–Crippen LogP) is 4.19. The first kappa shape index (κ1) is 15.5. The third-order valence-corrected chi connectivity index (χ3v) is 3.53. The minimum Gasteiger partial charge on any atom is -0.490 e. The summed E-state index contributed by atoms with van der Waals surface area (Å²) in [7, 11) is 2.70. The van der Waals surface area contributed by atoms with Crippen LogP contribution in [0.3, 0.4) is 0 Å². The van der Waals surface area contributed by atoms with Crippen LogP contribution in [0.5, 0.6) is 0 Å². The van der Waals surface area contributed by atoms with E-state index in [9.17, 15) is 4.79 Å².